The molecule has 0 aromatic carbocycles. The van der Waals surface area contributed by atoms with Gasteiger partial charge in [-0.3, -0.25) is 0 Å². The van der Waals surface area contributed by atoms with E-state index < -0.39 is 0 Å². The molecular weight excluding hydrogens is 336 g/mol. The minimum Gasteiger partial charge on any atom is -0.0654 e. The second-order valence-corrected chi connectivity index (χ2v) is 10.00. The quantitative estimate of drug-likeness (QED) is 0.151. The van der Waals surface area contributed by atoms with Gasteiger partial charge in [0.1, 0.15) is 0 Å². The summed E-state index contributed by atoms with van der Waals surface area (Å²) < 4.78 is 0. The molecule has 2 atom stereocenters. The number of rotatable bonds is 23. The number of hydrogen-bond acceptors (Lipinski definition) is 0. The summed E-state index contributed by atoms with van der Waals surface area (Å²) in [4.78, 5) is 0. The van der Waals surface area contributed by atoms with Gasteiger partial charge in [-0.05, 0) is 11.8 Å². The summed E-state index contributed by atoms with van der Waals surface area (Å²) in [6.45, 7) is 9.52. The van der Waals surface area contributed by atoms with Gasteiger partial charge in [0.05, 0.1) is 0 Å². The van der Waals surface area contributed by atoms with Gasteiger partial charge in [0.2, 0.25) is 0 Å². The molecule has 0 nitrogen and oxygen atoms in total. The summed E-state index contributed by atoms with van der Waals surface area (Å²) in [5.41, 5.74) is 0. The predicted octanol–water partition coefficient (Wildman–Crippen LogP) is 10.9. The molecule has 0 heterocycles. The molecule has 0 aliphatic rings. The molecule has 28 heavy (non-hydrogen) atoms. The average Bonchev–Trinajstić information content (AvgIpc) is 2.70. The third-order valence-corrected chi connectivity index (χ3v) is 6.89. The molecule has 0 aromatic heterocycles. The van der Waals surface area contributed by atoms with E-state index in [2.05, 4.69) is 27.7 Å². The van der Waals surface area contributed by atoms with Crippen LogP contribution in [0.5, 0.6) is 0 Å². The summed E-state index contributed by atoms with van der Waals surface area (Å²) >= 11 is 0. The lowest BCUT2D eigenvalue weighted by Gasteiger charge is -2.11. The first-order valence-corrected chi connectivity index (χ1v) is 13.7. The number of unbranched alkanes of at least 4 members (excludes halogenated alkanes) is 16. The summed E-state index contributed by atoms with van der Waals surface area (Å²) in [6, 6.07) is 0. The van der Waals surface area contributed by atoms with Crippen molar-refractivity contribution >= 4 is 0 Å². The van der Waals surface area contributed by atoms with E-state index in [1.54, 1.807) is 0 Å². The Morgan fingerprint density at radius 3 is 0.964 bits per heavy atom. The molecule has 0 N–H and O–H groups in total. The molecule has 0 spiro atoms. The largest absolute Gasteiger partial charge is 0.0654 e. The van der Waals surface area contributed by atoms with Crippen molar-refractivity contribution in [2.45, 2.75) is 169 Å². The minimum atomic E-state index is 0.945. The van der Waals surface area contributed by atoms with Crippen molar-refractivity contribution in [1.82, 2.24) is 0 Å². The van der Waals surface area contributed by atoms with E-state index in [9.17, 15) is 0 Å². The Bertz CT molecular complexity index is 269. The lowest BCUT2D eigenvalue weighted by Crippen LogP contribution is -1.95. The maximum absolute atomic E-state index is 2.49. The normalized spacial score (nSPS) is 13.7. The standard InChI is InChI=1S/C28H58/c1-5-7-8-9-10-11-12-13-14-15-16-18-22-25-28(4)26-23-20-17-19-21-24-27(3)6-2/h27-28H,5-26H2,1-4H3. The molecule has 170 valence electrons. The highest BCUT2D eigenvalue weighted by atomic mass is 14.1. The van der Waals surface area contributed by atoms with Gasteiger partial charge >= 0.3 is 0 Å². The molecular formula is C28H58. The van der Waals surface area contributed by atoms with E-state index in [1.165, 1.54) is 141 Å². The lowest BCUT2D eigenvalue weighted by molar-refractivity contribution is 0.425. The van der Waals surface area contributed by atoms with Crippen molar-refractivity contribution in [2.24, 2.45) is 11.8 Å². The van der Waals surface area contributed by atoms with Gasteiger partial charge in [-0.2, -0.15) is 0 Å². The molecule has 2 unspecified atom stereocenters. The van der Waals surface area contributed by atoms with Crippen LogP contribution in [0.1, 0.15) is 169 Å². The molecule has 0 aliphatic heterocycles. The average molecular weight is 395 g/mol. The molecule has 0 saturated heterocycles. The van der Waals surface area contributed by atoms with Crippen LogP contribution >= 0.6 is 0 Å². The third-order valence-electron chi connectivity index (χ3n) is 6.89. The highest BCUT2D eigenvalue weighted by Crippen LogP contribution is 2.19. The maximum atomic E-state index is 2.49. The maximum Gasteiger partial charge on any atom is -0.0443 e. The molecule has 0 amide bonds. The van der Waals surface area contributed by atoms with Crippen molar-refractivity contribution in [3.8, 4) is 0 Å². The van der Waals surface area contributed by atoms with E-state index in [0.29, 0.717) is 0 Å². The smallest absolute Gasteiger partial charge is 0.0443 e. The molecule has 0 fully saturated rings. The lowest BCUT2D eigenvalue weighted by atomic mass is 9.95. The van der Waals surface area contributed by atoms with Gasteiger partial charge in [-0.1, -0.05) is 169 Å². The third kappa shape index (κ3) is 22.3. The van der Waals surface area contributed by atoms with E-state index in [1.807, 2.05) is 0 Å². The van der Waals surface area contributed by atoms with Crippen LogP contribution in [-0.4, -0.2) is 0 Å². The van der Waals surface area contributed by atoms with Crippen LogP contribution < -0.4 is 0 Å². The van der Waals surface area contributed by atoms with Gasteiger partial charge in [0.25, 0.3) is 0 Å². The Kier molecular flexibility index (Phi) is 23.3. The first kappa shape index (κ1) is 28.0. The minimum absolute atomic E-state index is 0.945. The van der Waals surface area contributed by atoms with Gasteiger partial charge in [0, 0.05) is 0 Å². The van der Waals surface area contributed by atoms with Gasteiger partial charge in [-0.25, -0.2) is 0 Å². The van der Waals surface area contributed by atoms with E-state index in [0.717, 1.165) is 11.8 Å². The summed E-state index contributed by atoms with van der Waals surface area (Å²) in [6.07, 6.45) is 32.2. The van der Waals surface area contributed by atoms with E-state index in [4.69, 9.17) is 0 Å². The van der Waals surface area contributed by atoms with Crippen molar-refractivity contribution in [3.63, 3.8) is 0 Å². The molecule has 0 saturated carbocycles. The highest BCUT2D eigenvalue weighted by Gasteiger charge is 2.03. The summed E-state index contributed by atoms with van der Waals surface area (Å²) in [5, 5.41) is 0. The zero-order chi connectivity index (χ0) is 20.7. The summed E-state index contributed by atoms with van der Waals surface area (Å²) in [7, 11) is 0. The Morgan fingerprint density at radius 1 is 0.357 bits per heavy atom. The zero-order valence-corrected chi connectivity index (χ0v) is 20.7. The van der Waals surface area contributed by atoms with E-state index in [-0.39, 0.29) is 0 Å². The molecule has 0 aromatic rings. The van der Waals surface area contributed by atoms with Crippen LogP contribution in [0.15, 0.2) is 0 Å². The second kappa shape index (κ2) is 23.3. The Labute approximate surface area is 181 Å². The Morgan fingerprint density at radius 2 is 0.643 bits per heavy atom. The fourth-order valence-corrected chi connectivity index (χ4v) is 4.37. The highest BCUT2D eigenvalue weighted by molar-refractivity contribution is 4.57. The topological polar surface area (TPSA) is 0 Å². The van der Waals surface area contributed by atoms with Gasteiger partial charge in [-0.15, -0.1) is 0 Å². The Balaban J connectivity index is 3.16. The molecule has 0 rings (SSSR count). The monoisotopic (exact) mass is 394 g/mol. The second-order valence-electron chi connectivity index (χ2n) is 10.00. The predicted molar refractivity (Wildman–Crippen MR) is 131 cm³/mol. The molecule has 0 aliphatic carbocycles. The van der Waals surface area contributed by atoms with Crippen LogP contribution in [0.3, 0.4) is 0 Å². The van der Waals surface area contributed by atoms with Crippen LogP contribution in [0.4, 0.5) is 0 Å². The molecule has 0 heteroatoms. The van der Waals surface area contributed by atoms with Crippen molar-refractivity contribution < 1.29 is 0 Å². The molecule has 0 radical (unpaired) electrons. The summed E-state index contributed by atoms with van der Waals surface area (Å²) in [5.74, 6) is 1.91. The van der Waals surface area contributed by atoms with Crippen LogP contribution in [-0.2, 0) is 0 Å². The Hall–Kier alpha value is 0. The van der Waals surface area contributed by atoms with Crippen molar-refractivity contribution in [2.75, 3.05) is 0 Å². The van der Waals surface area contributed by atoms with Crippen LogP contribution in [0, 0.1) is 11.8 Å². The number of hydrogen-bond donors (Lipinski definition) is 0. The van der Waals surface area contributed by atoms with Crippen LogP contribution in [0.2, 0.25) is 0 Å². The SMILES string of the molecule is CCCCCCCCCCCCCCCC(C)CCCCCCCC(C)CC. The zero-order valence-electron chi connectivity index (χ0n) is 20.7. The fraction of sp³-hybridized carbons (Fsp3) is 1.00. The van der Waals surface area contributed by atoms with Crippen molar-refractivity contribution in [1.29, 1.82) is 0 Å². The first-order chi connectivity index (χ1) is 13.7. The van der Waals surface area contributed by atoms with Gasteiger partial charge in [0.15, 0.2) is 0 Å². The van der Waals surface area contributed by atoms with E-state index >= 15 is 0 Å². The van der Waals surface area contributed by atoms with Gasteiger partial charge < -0.3 is 0 Å². The molecule has 0 bridgehead atoms. The van der Waals surface area contributed by atoms with Crippen LogP contribution in [0.25, 0.3) is 0 Å². The fourth-order valence-electron chi connectivity index (χ4n) is 4.37. The van der Waals surface area contributed by atoms with Crippen molar-refractivity contribution in [3.05, 3.63) is 0 Å². The first-order valence-electron chi connectivity index (χ1n) is 13.7.